The lowest BCUT2D eigenvalue weighted by molar-refractivity contribution is -0.384. The molecule has 6 nitrogen and oxygen atoms in total. The van der Waals surface area contributed by atoms with Gasteiger partial charge in [-0.2, -0.15) is 13.2 Å². The summed E-state index contributed by atoms with van der Waals surface area (Å²) >= 11 is 0. The maximum atomic E-state index is 12.7. The molecule has 1 unspecified atom stereocenters. The van der Waals surface area contributed by atoms with Crippen LogP contribution in [0.25, 0.3) is 0 Å². The number of hydrogen-bond donors (Lipinski definition) is 0. The van der Waals surface area contributed by atoms with Crippen molar-refractivity contribution in [3.05, 3.63) is 28.3 Å². The van der Waals surface area contributed by atoms with Gasteiger partial charge in [-0.1, -0.05) is 6.92 Å². The first kappa shape index (κ1) is 18.5. The van der Waals surface area contributed by atoms with Gasteiger partial charge in [0, 0.05) is 18.7 Å². The van der Waals surface area contributed by atoms with Gasteiger partial charge in [0.25, 0.3) is 15.5 Å². The Kier molecular flexibility index (Phi) is 5.07. The monoisotopic (exact) mass is 366 g/mol. The molecule has 2 rings (SSSR count). The number of nitro groups is 1. The average molecular weight is 366 g/mol. The first-order chi connectivity index (χ1) is 11.1. The molecule has 1 fully saturated rings. The Bertz CT molecular complexity index is 734. The molecule has 0 aromatic heterocycles. The third-order valence-electron chi connectivity index (χ3n) is 4.17. The number of piperidine rings is 1. The van der Waals surface area contributed by atoms with E-state index < -0.39 is 30.9 Å². The Hall–Kier alpha value is -1.84. The number of nitro benzene ring substituents is 1. The fraction of sp³-hybridized carbons (Fsp3) is 0.571. The predicted octanol–water partition coefficient (Wildman–Crippen LogP) is 3.66. The third kappa shape index (κ3) is 3.33. The summed E-state index contributed by atoms with van der Waals surface area (Å²) in [6, 6.07) is 2.43. The van der Waals surface area contributed by atoms with E-state index >= 15 is 0 Å². The molecule has 24 heavy (non-hydrogen) atoms. The van der Waals surface area contributed by atoms with Crippen molar-refractivity contribution < 1.29 is 26.5 Å². The number of alkyl halides is 3. The van der Waals surface area contributed by atoms with E-state index in [0.717, 1.165) is 37.8 Å². The molecule has 0 bridgehead atoms. The van der Waals surface area contributed by atoms with Crippen molar-refractivity contribution in [2.45, 2.75) is 49.1 Å². The van der Waals surface area contributed by atoms with Crippen LogP contribution in [0.2, 0.25) is 0 Å². The standard InChI is InChI=1S/C14H17F3N2O4S/c1-2-10-5-3-4-8-18(10)12-7-6-11(9-13(12)19(20)21)24(22,23)14(15,16)17/h6-7,9-10H,2-5,8H2,1H3. The molecule has 1 aromatic carbocycles. The van der Waals surface area contributed by atoms with Gasteiger partial charge < -0.3 is 4.90 Å². The molecular formula is C14H17F3N2O4S. The second-order valence-electron chi connectivity index (χ2n) is 5.61. The van der Waals surface area contributed by atoms with Gasteiger partial charge in [-0.05, 0) is 37.8 Å². The number of nitrogens with zero attached hydrogens (tertiary/aromatic N) is 2. The molecule has 0 amide bonds. The van der Waals surface area contributed by atoms with Gasteiger partial charge in [0.1, 0.15) is 5.69 Å². The first-order valence-corrected chi connectivity index (χ1v) is 8.94. The van der Waals surface area contributed by atoms with Crippen LogP contribution < -0.4 is 4.90 Å². The lowest BCUT2D eigenvalue weighted by Crippen LogP contribution is -2.39. The number of anilines is 1. The highest BCUT2D eigenvalue weighted by molar-refractivity contribution is 7.92. The van der Waals surface area contributed by atoms with Crippen molar-refractivity contribution in [3.8, 4) is 0 Å². The van der Waals surface area contributed by atoms with Crippen LogP contribution in [-0.2, 0) is 9.84 Å². The molecule has 1 saturated heterocycles. The number of sulfone groups is 1. The van der Waals surface area contributed by atoms with Crippen LogP contribution in [0, 0.1) is 10.1 Å². The fourth-order valence-corrected chi connectivity index (χ4v) is 3.72. The zero-order chi connectivity index (χ0) is 18.1. The Balaban J connectivity index is 2.54. The molecule has 0 saturated carbocycles. The normalized spacial score (nSPS) is 19.3. The van der Waals surface area contributed by atoms with Crippen molar-refractivity contribution in [2.24, 2.45) is 0 Å². The van der Waals surface area contributed by atoms with Gasteiger partial charge in [0.15, 0.2) is 0 Å². The predicted molar refractivity (Wildman–Crippen MR) is 81.6 cm³/mol. The highest BCUT2D eigenvalue weighted by Crippen LogP contribution is 2.38. The maximum absolute atomic E-state index is 12.7. The number of halogens is 3. The summed E-state index contributed by atoms with van der Waals surface area (Å²) in [6.45, 7) is 2.47. The quantitative estimate of drug-likeness (QED) is 0.600. The highest BCUT2D eigenvalue weighted by Gasteiger charge is 2.47. The summed E-state index contributed by atoms with van der Waals surface area (Å²) < 4.78 is 60.9. The van der Waals surface area contributed by atoms with E-state index in [1.807, 2.05) is 6.92 Å². The van der Waals surface area contributed by atoms with E-state index in [1.54, 1.807) is 4.90 Å². The van der Waals surface area contributed by atoms with Gasteiger partial charge in [-0.15, -0.1) is 0 Å². The zero-order valence-corrected chi connectivity index (χ0v) is 13.7. The van der Waals surface area contributed by atoms with Crippen molar-refractivity contribution in [1.82, 2.24) is 0 Å². The summed E-state index contributed by atoms with van der Waals surface area (Å²) in [6.07, 6.45) is 3.36. The summed E-state index contributed by atoms with van der Waals surface area (Å²) in [5.74, 6) is 0. The molecule has 0 N–H and O–H groups in total. The molecule has 1 aliphatic rings. The van der Waals surface area contributed by atoms with Crippen LogP contribution in [-0.4, -0.2) is 31.4 Å². The Morgan fingerprint density at radius 2 is 2.00 bits per heavy atom. The Morgan fingerprint density at radius 1 is 1.33 bits per heavy atom. The molecular weight excluding hydrogens is 349 g/mol. The van der Waals surface area contributed by atoms with Gasteiger partial charge in [-0.3, -0.25) is 10.1 Å². The lowest BCUT2D eigenvalue weighted by atomic mass is 9.99. The second kappa shape index (κ2) is 6.58. The second-order valence-corrected chi connectivity index (χ2v) is 7.55. The van der Waals surface area contributed by atoms with E-state index in [2.05, 4.69) is 0 Å². The van der Waals surface area contributed by atoms with Crippen LogP contribution in [0.1, 0.15) is 32.6 Å². The van der Waals surface area contributed by atoms with Crippen LogP contribution >= 0.6 is 0 Å². The van der Waals surface area contributed by atoms with E-state index in [9.17, 15) is 31.7 Å². The lowest BCUT2D eigenvalue weighted by Gasteiger charge is -2.36. The zero-order valence-electron chi connectivity index (χ0n) is 12.9. The molecule has 1 atom stereocenters. The van der Waals surface area contributed by atoms with Crippen LogP contribution in [0.4, 0.5) is 24.5 Å². The summed E-state index contributed by atoms with van der Waals surface area (Å²) in [5, 5.41) is 11.3. The van der Waals surface area contributed by atoms with Gasteiger partial charge in [0.05, 0.1) is 9.82 Å². The summed E-state index contributed by atoms with van der Waals surface area (Å²) in [7, 11) is -5.62. The van der Waals surface area contributed by atoms with Crippen LogP contribution in [0.5, 0.6) is 0 Å². The topological polar surface area (TPSA) is 80.5 Å². The fourth-order valence-electron chi connectivity index (χ4n) is 2.94. The number of hydrogen-bond acceptors (Lipinski definition) is 5. The average Bonchev–Trinajstić information content (AvgIpc) is 2.53. The van der Waals surface area contributed by atoms with Crippen molar-refractivity contribution >= 4 is 21.2 Å². The van der Waals surface area contributed by atoms with E-state index in [-0.39, 0.29) is 11.7 Å². The largest absolute Gasteiger partial charge is 0.501 e. The minimum Gasteiger partial charge on any atom is -0.363 e. The summed E-state index contributed by atoms with van der Waals surface area (Å²) in [4.78, 5) is 11.1. The molecule has 10 heteroatoms. The minimum atomic E-state index is -5.62. The molecule has 0 radical (unpaired) electrons. The Morgan fingerprint density at radius 3 is 2.54 bits per heavy atom. The number of rotatable bonds is 4. The maximum Gasteiger partial charge on any atom is 0.501 e. The molecule has 0 aliphatic carbocycles. The molecule has 1 aliphatic heterocycles. The molecule has 1 heterocycles. The van der Waals surface area contributed by atoms with E-state index in [1.165, 1.54) is 0 Å². The smallest absolute Gasteiger partial charge is 0.363 e. The van der Waals surface area contributed by atoms with Crippen LogP contribution in [0.3, 0.4) is 0 Å². The minimum absolute atomic E-state index is 0.0440. The molecule has 0 spiro atoms. The van der Waals surface area contributed by atoms with Crippen molar-refractivity contribution in [1.29, 1.82) is 0 Å². The van der Waals surface area contributed by atoms with Gasteiger partial charge >= 0.3 is 5.51 Å². The van der Waals surface area contributed by atoms with Crippen molar-refractivity contribution in [3.63, 3.8) is 0 Å². The van der Waals surface area contributed by atoms with Gasteiger partial charge in [0.2, 0.25) is 0 Å². The van der Waals surface area contributed by atoms with Crippen molar-refractivity contribution in [2.75, 3.05) is 11.4 Å². The SMILES string of the molecule is CCC1CCCCN1c1ccc(S(=O)(=O)C(F)(F)F)cc1[N+](=O)[O-]. The molecule has 134 valence electrons. The van der Waals surface area contributed by atoms with Crippen LogP contribution in [0.15, 0.2) is 23.1 Å². The number of benzene rings is 1. The Labute approximate surface area is 137 Å². The highest BCUT2D eigenvalue weighted by atomic mass is 32.2. The first-order valence-electron chi connectivity index (χ1n) is 7.46. The summed E-state index contributed by atoms with van der Waals surface area (Å²) in [5.41, 5.74) is -5.97. The molecule has 1 aromatic rings. The third-order valence-corrected chi connectivity index (χ3v) is 5.65. The van der Waals surface area contributed by atoms with E-state index in [4.69, 9.17) is 0 Å². The van der Waals surface area contributed by atoms with Gasteiger partial charge in [-0.25, -0.2) is 8.42 Å². The van der Waals surface area contributed by atoms with E-state index in [0.29, 0.717) is 12.6 Å².